The smallest absolute Gasteiger partial charge is 0.193 e. The van der Waals surface area contributed by atoms with Gasteiger partial charge in [0.2, 0.25) is 0 Å². The number of hydrogen-bond acceptors (Lipinski definition) is 2. The summed E-state index contributed by atoms with van der Waals surface area (Å²) in [5, 5.41) is 20.8. The predicted molar refractivity (Wildman–Crippen MR) is 66.8 cm³/mol. The molecular formula is C14H24O2. The first-order valence-corrected chi connectivity index (χ1v) is 5.81. The summed E-state index contributed by atoms with van der Waals surface area (Å²) in [7, 11) is 0. The molecule has 1 unspecified atom stereocenters. The molecule has 1 aliphatic carbocycles. The van der Waals surface area contributed by atoms with Crippen LogP contribution < -0.4 is 0 Å². The number of allylic oxidation sites excluding steroid dienone is 2. The molecule has 92 valence electrons. The van der Waals surface area contributed by atoms with Gasteiger partial charge in [-0.2, -0.15) is 0 Å². The van der Waals surface area contributed by atoms with Crippen LogP contribution in [0.1, 0.15) is 41.5 Å². The van der Waals surface area contributed by atoms with Crippen LogP contribution in [-0.2, 0) is 0 Å². The third-order valence-corrected chi connectivity index (χ3v) is 3.14. The fourth-order valence-electron chi connectivity index (χ4n) is 2.38. The Morgan fingerprint density at radius 2 is 1.56 bits per heavy atom. The second-order valence-electron chi connectivity index (χ2n) is 6.79. The number of aliphatic hydroxyl groups is 2. The maximum Gasteiger partial charge on any atom is 0.193 e. The summed E-state index contributed by atoms with van der Waals surface area (Å²) in [4.78, 5) is 0. The van der Waals surface area contributed by atoms with Crippen molar-refractivity contribution in [3.63, 3.8) is 0 Å². The van der Waals surface area contributed by atoms with Crippen molar-refractivity contribution in [3.8, 4) is 0 Å². The lowest BCUT2D eigenvalue weighted by molar-refractivity contribution is -0.188. The van der Waals surface area contributed by atoms with Gasteiger partial charge in [0.15, 0.2) is 5.79 Å². The van der Waals surface area contributed by atoms with E-state index in [2.05, 4.69) is 0 Å². The summed E-state index contributed by atoms with van der Waals surface area (Å²) >= 11 is 0. The molecule has 2 nitrogen and oxygen atoms in total. The van der Waals surface area contributed by atoms with E-state index in [9.17, 15) is 10.2 Å². The Hall–Kier alpha value is -0.600. The van der Waals surface area contributed by atoms with Gasteiger partial charge in [0, 0.05) is 5.92 Å². The minimum absolute atomic E-state index is 0.176. The first-order chi connectivity index (χ1) is 6.97. The zero-order valence-corrected chi connectivity index (χ0v) is 11.2. The summed E-state index contributed by atoms with van der Waals surface area (Å²) < 4.78 is 0. The van der Waals surface area contributed by atoms with Gasteiger partial charge < -0.3 is 10.2 Å². The maximum absolute atomic E-state index is 10.4. The molecule has 0 fully saturated rings. The molecule has 0 radical (unpaired) electrons. The highest BCUT2D eigenvalue weighted by Gasteiger charge is 2.47. The van der Waals surface area contributed by atoms with Crippen LogP contribution in [0.2, 0.25) is 0 Å². The van der Waals surface area contributed by atoms with Crippen molar-refractivity contribution in [3.05, 3.63) is 23.8 Å². The van der Waals surface area contributed by atoms with Crippen molar-refractivity contribution < 1.29 is 10.2 Å². The van der Waals surface area contributed by atoms with E-state index in [0.717, 1.165) is 0 Å². The minimum Gasteiger partial charge on any atom is -0.362 e. The van der Waals surface area contributed by atoms with Crippen LogP contribution in [0.25, 0.3) is 0 Å². The average Bonchev–Trinajstić information content (AvgIpc) is 1.97. The Bertz CT molecular complexity index is 322. The molecule has 2 heteroatoms. The van der Waals surface area contributed by atoms with Gasteiger partial charge >= 0.3 is 0 Å². The van der Waals surface area contributed by atoms with E-state index in [1.807, 2.05) is 59.8 Å². The molecule has 0 bridgehead atoms. The molecule has 0 aromatic rings. The molecule has 16 heavy (non-hydrogen) atoms. The molecule has 1 aliphatic rings. The normalized spacial score (nSPS) is 25.5. The first kappa shape index (κ1) is 13.5. The van der Waals surface area contributed by atoms with Crippen LogP contribution in [0.3, 0.4) is 0 Å². The Labute approximate surface area is 98.7 Å². The van der Waals surface area contributed by atoms with Gasteiger partial charge in [-0.25, -0.2) is 0 Å². The van der Waals surface area contributed by atoms with Gasteiger partial charge in [-0.3, -0.25) is 0 Å². The summed E-state index contributed by atoms with van der Waals surface area (Å²) in [5.41, 5.74) is 0.269. The van der Waals surface area contributed by atoms with Crippen LogP contribution in [0.15, 0.2) is 23.8 Å². The quantitative estimate of drug-likeness (QED) is 0.621. The second-order valence-corrected chi connectivity index (χ2v) is 6.79. The standard InChI is InChI=1S/C14H24O2/c1-12(2,3)10-8-7-9-11(13(4,5)6)14(10,15)16/h7-10,15-16H,1-6H3. The molecule has 1 rings (SSSR count). The summed E-state index contributed by atoms with van der Waals surface area (Å²) in [6.45, 7) is 12.1. The largest absolute Gasteiger partial charge is 0.362 e. The van der Waals surface area contributed by atoms with Crippen molar-refractivity contribution in [2.24, 2.45) is 16.7 Å². The lowest BCUT2D eigenvalue weighted by Crippen LogP contribution is -2.49. The third-order valence-electron chi connectivity index (χ3n) is 3.14. The Morgan fingerprint density at radius 1 is 1.06 bits per heavy atom. The van der Waals surface area contributed by atoms with Crippen molar-refractivity contribution >= 4 is 0 Å². The van der Waals surface area contributed by atoms with E-state index in [1.165, 1.54) is 0 Å². The SMILES string of the molecule is CC(C)(C)C1=CC=CC(C(C)(C)C)C1(O)O. The van der Waals surface area contributed by atoms with E-state index in [4.69, 9.17) is 0 Å². The molecule has 0 spiro atoms. The first-order valence-electron chi connectivity index (χ1n) is 5.81. The number of hydrogen-bond donors (Lipinski definition) is 2. The Kier molecular flexibility index (Phi) is 3.12. The zero-order valence-electron chi connectivity index (χ0n) is 11.2. The third kappa shape index (κ3) is 2.38. The molecule has 1 atom stereocenters. The molecule has 0 saturated carbocycles. The lowest BCUT2D eigenvalue weighted by atomic mass is 9.66. The monoisotopic (exact) mass is 224 g/mol. The molecular weight excluding hydrogens is 200 g/mol. The van der Waals surface area contributed by atoms with Gasteiger partial charge in [0.25, 0.3) is 0 Å². The van der Waals surface area contributed by atoms with Crippen molar-refractivity contribution in [1.82, 2.24) is 0 Å². The summed E-state index contributed by atoms with van der Waals surface area (Å²) in [6.07, 6.45) is 5.64. The Balaban J connectivity index is 3.19. The molecule has 2 N–H and O–H groups in total. The van der Waals surface area contributed by atoms with Gasteiger partial charge in [0.05, 0.1) is 0 Å². The Morgan fingerprint density at radius 3 is 1.94 bits per heavy atom. The highest BCUT2D eigenvalue weighted by Crippen LogP contribution is 2.45. The highest BCUT2D eigenvalue weighted by molar-refractivity contribution is 5.32. The fourth-order valence-corrected chi connectivity index (χ4v) is 2.38. The fraction of sp³-hybridized carbons (Fsp3) is 0.714. The van der Waals surface area contributed by atoms with Gasteiger partial charge in [-0.05, 0) is 16.4 Å². The molecule has 0 heterocycles. The van der Waals surface area contributed by atoms with E-state index < -0.39 is 5.79 Å². The molecule has 0 aromatic carbocycles. The average molecular weight is 224 g/mol. The van der Waals surface area contributed by atoms with Gasteiger partial charge in [-0.1, -0.05) is 59.8 Å². The van der Waals surface area contributed by atoms with E-state index in [0.29, 0.717) is 5.57 Å². The van der Waals surface area contributed by atoms with E-state index in [1.54, 1.807) is 0 Å². The van der Waals surface area contributed by atoms with Crippen molar-refractivity contribution in [2.75, 3.05) is 0 Å². The van der Waals surface area contributed by atoms with E-state index in [-0.39, 0.29) is 16.7 Å². The van der Waals surface area contributed by atoms with Crippen LogP contribution in [0, 0.1) is 16.7 Å². The van der Waals surface area contributed by atoms with Crippen molar-refractivity contribution in [1.29, 1.82) is 0 Å². The molecule has 0 saturated heterocycles. The number of rotatable bonds is 0. The molecule has 0 amide bonds. The van der Waals surface area contributed by atoms with Crippen molar-refractivity contribution in [2.45, 2.75) is 47.3 Å². The molecule has 0 aliphatic heterocycles. The lowest BCUT2D eigenvalue weighted by Gasteiger charge is -2.45. The topological polar surface area (TPSA) is 40.5 Å². The zero-order chi connectivity index (χ0) is 12.8. The van der Waals surface area contributed by atoms with Crippen LogP contribution in [0.4, 0.5) is 0 Å². The minimum atomic E-state index is -1.74. The molecule has 0 aromatic heterocycles. The van der Waals surface area contributed by atoms with Crippen LogP contribution in [0.5, 0.6) is 0 Å². The van der Waals surface area contributed by atoms with Gasteiger partial charge in [-0.15, -0.1) is 0 Å². The van der Waals surface area contributed by atoms with Crippen LogP contribution >= 0.6 is 0 Å². The maximum atomic E-state index is 10.4. The summed E-state index contributed by atoms with van der Waals surface area (Å²) in [6, 6.07) is 0. The van der Waals surface area contributed by atoms with Crippen LogP contribution in [-0.4, -0.2) is 16.0 Å². The summed E-state index contributed by atoms with van der Waals surface area (Å²) in [5.74, 6) is -2.02. The second kappa shape index (κ2) is 3.71. The van der Waals surface area contributed by atoms with Gasteiger partial charge in [0.1, 0.15) is 0 Å². The highest BCUT2D eigenvalue weighted by atomic mass is 16.5. The van der Waals surface area contributed by atoms with E-state index >= 15 is 0 Å². The predicted octanol–water partition coefficient (Wildman–Crippen LogP) is 2.87.